The van der Waals surface area contributed by atoms with Crippen LogP contribution in [-0.4, -0.2) is 59.3 Å². The van der Waals surface area contributed by atoms with Crippen LogP contribution in [0.15, 0.2) is 0 Å². The Balaban J connectivity index is 3.10. The van der Waals surface area contributed by atoms with E-state index in [0.717, 1.165) is 19.3 Å². The van der Waals surface area contributed by atoms with Gasteiger partial charge in [0.05, 0.1) is 33.0 Å². The number of nitrogens with two attached hydrogens (primary N) is 1. The second-order valence-electron chi connectivity index (χ2n) is 4.04. The second-order valence-corrected chi connectivity index (χ2v) is 4.04. The van der Waals surface area contributed by atoms with Crippen LogP contribution in [0.4, 0.5) is 0 Å². The maximum atomic E-state index is 11.3. The smallest absolute Gasteiger partial charge is 0.305 e. The van der Waals surface area contributed by atoms with Gasteiger partial charge in [-0.05, 0) is 19.4 Å². The molecular weight excluding hydrogens is 250 g/mol. The quantitative estimate of drug-likeness (QED) is 0.372. The van der Waals surface area contributed by atoms with Gasteiger partial charge in [-0.1, -0.05) is 6.42 Å². The van der Waals surface area contributed by atoms with Crippen molar-refractivity contribution in [1.29, 1.82) is 0 Å². The van der Waals surface area contributed by atoms with Crippen LogP contribution >= 0.6 is 0 Å². The summed E-state index contributed by atoms with van der Waals surface area (Å²) in [6.45, 7) is 3.55. The molecule has 0 saturated carbocycles. The molecule has 0 radical (unpaired) electrons. The number of unbranched alkanes of at least 4 members (excludes halogenated alkanes) is 2. The molecule has 0 rings (SSSR count). The molecule has 0 amide bonds. The number of methoxy groups -OCH3 is 1. The molecular formula is C13H27NO5. The summed E-state index contributed by atoms with van der Waals surface area (Å²) in [6, 6.07) is 0. The van der Waals surface area contributed by atoms with Crippen molar-refractivity contribution in [3.05, 3.63) is 0 Å². The second kappa shape index (κ2) is 15.4. The van der Waals surface area contributed by atoms with Crippen molar-refractivity contribution in [2.24, 2.45) is 5.73 Å². The van der Waals surface area contributed by atoms with Gasteiger partial charge in [0.2, 0.25) is 0 Å². The van der Waals surface area contributed by atoms with Crippen molar-refractivity contribution < 1.29 is 23.7 Å². The standard InChI is InChI=1S/C13H27NO5/c1-16-7-8-17-9-10-18-11-12-19-13(15)5-3-2-4-6-14/h2-12,14H2,1H3. The molecule has 0 aliphatic heterocycles. The highest BCUT2D eigenvalue weighted by atomic mass is 16.6. The molecule has 0 unspecified atom stereocenters. The molecule has 2 N–H and O–H groups in total. The number of ether oxygens (including phenoxy) is 4. The van der Waals surface area contributed by atoms with Crippen molar-refractivity contribution in [3.8, 4) is 0 Å². The van der Waals surface area contributed by atoms with E-state index in [1.165, 1.54) is 0 Å². The third kappa shape index (κ3) is 15.3. The molecule has 0 aromatic rings. The van der Waals surface area contributed by atoms with E-state index in [1.54, 1.807) is 7.11 Å². The molecule has 19 heavy (non-hydrogen) atoms. The van der Waals surface area contributed by atoms with Crippen LogP contribution in [0.5, 0.6) is 0 Å². The van der Waals surface area contributed by atoms with Crippen molar-refractivity contribution in [1.82, 2.24) is 0 Å². The largest absolute Gasteiger partial charge is 0.463 e. The number of carbonyl (C=O) groups excluding carboxylic acids is 1. The van der Waals surface area contributed by atoms with E-state index < -0.39 is 0 Å². The predicted octanol–water partition coefficient (Wildman–Crippen LogP) is 0.728. The fourth-order valence-electron chi connectivity index (χ4n) is 1.34. The minimum Gasteiger partial charge on any atom is -0.463 e. The number of esters is 1. The molecule has 0 aliphatic rings. The van der Waals surface area contributed by atoms with Crippen molar-refractivity contribution in [2.45, 2.75) is 25.7 Å². The normalized spacial score (nSPS) is 10.6. The van der Waals surface area contributed by atoms with Crippen molar-refractivity contribution in [2.75, 3.05) is 53.3 Å². The van der Waals surface area contributed by atoms with E-state index in [9.17, 15) is 4.79 Å². The van der Waals surface area contributed by atoms with Gasteiger partial charge in [-0.25, -0.2) is 0 Å². The summed E-state index contributed by atoms with van der Waals surface area (Å²) in [4.78, 5) is 11.3. The molecule has 114 valence electrons. The van der Waals surface area contributed by atoms with Gasteiger partial charge in [-0.15, -0.1) is 0 Å². The molecule has 0 aliphatic carbocycles. The number of hydrogen-bond donors (Lipinski definition) is 1. The lowest BCUT2D eigenvalue weighted by Gasteiger charge is -2.06. The van der Waals surface area contributed by atoms with Crippen molar-refractivity contribution >= 4 is 5.97 Å². The Morgan fingerprint density at radius 3 is 2.16 bits per heavy atom. The topological polar surface area (TPSA) is 80.0 Å². The monoisotopic (exact) mass is 277 g/mol. The highest BCUT2D eigenvalue weighted by molar-refractivity contribution is 5.69. The molecule has 0 atom stereocenters. The van der Waals surface area contributed by atoms with E-state index in [2.05, 4.69) is 0 Å². The third-order valence-electron chi connectivity index (χ3n) is 2.38. The SMILES string of the molecule is COCCOCCOCCOC(=O)CCCCCN. The zero-order chi connectivity index (χ0) is 14.2. The minimum atomic E-state index is -0.169. The van der Waals surface area contributed by atoms with Gasteiger partial charge in [-0.3, -0.25) is 4.79 Å². The van der Waals surface area contributed by atoms with Crippen LogP contribution in [-0.2, 0) is 23.7 Å². The molecule has 0 fully saturated rings. The first-order chi connectivity index (χ1) is 9.31. The van der Waals surface area contributed by atoms with E-state index in [4.69, 9.17) is 24.7 Å². The molecule has 0 aromatic carbocycles. The van der Waals surface area contributed by atoms with Crippen LogP contribution < -0.4 is 5.73 Å². The third-order valence-corrected chi connectivity index (χ3v) is 2.38. The van der Waals surface area contributed by atoms with E-state index >= 15 is 0 Å². The van der Waals surface area contributed by atoms with Gasteiger partial charge in [0.15, 0.2) is 0 Å². The molecule has 0 bridgehead atoms. The Morgan fingerprint density at radius 2 is 1.53 bits per heavy atom. The number of hydrogen-bond acceptors (Lipinski definition) is 6. The Morgan fingerprint density at radius 1 is 0.895 bits per heavy atom. The molecule has 6 nitrogen and oxygen atoms in total. The fourth-order valence-corrected chi connectivity index (χ4v) is 1.34. The van der Waals surface area contributed by atoms with Crippen LogP contribution in [0.3, 0.4) is 0 Å². The lowest BCUT2D eigenvalue weighted by atomic mass is 10.2. The summed E-state index contributed by atoms with van der Waals surface area (Å²) in [6.07, 6.45) is 3.23. The Bertz CT molecular complexity index is 201. The van der Waals surface area contributed by atoms with Gasteiger partial charge in [0.25, 0.3) is 0 Å². The van der Waals surface area contributed by atoms with E-state index in [-0.39, 0.29) is 5.97 Å². The van der Waals surface area contributed by atoms with Crippen molar-refractivity contribution in [3.63, 3.8) is 0 Å². The molecule has 0 aromatic heterocycles. The first-order valence-corrected chi connectivity index (χ1v) is 6.81. The van der Waals surface area contributed by atoms with Crippen LogP contribution in [0.1, 0.15) is 25.7 Å². The Labute approximate surface area is 115 Å². The fraction of sp³-hybridized carbons (Fsp3) is 0.923. The van der Waals surface area contributed by atoms with E-state index in [0.29, 0.717) is 52.6 Å². The van der Waals surface area contributed by atoms with Gasteiger partial charge < -0.3 is 24.7 Å². The maximum Gasteiger partial charge on any atom is 0.305 e. The lowest BCUT2D eigenvalue weighted by Crippen LogP contribution is -2.13. The number of rotatable bonds is 14. The van der Waals surface area contributed by atoms with Crippen LogP contribution in [0.2, 0.25) is 0 Å². The highest BCUT2D eigenvalue weighted by Crippen LogP contribution is 2.00. The highest BCUT2D eigenvalue weighted by Gasteiger charge is 2.01. The lowest BCUT2D eigenvalue weighted by molar-refractivity contribution is -0.145. The Hall–Kier alpha value is -0.690. The van der Waals surface area contributed by atoms with Crippen LogP contribution in [0.25, 0.3) is 0 Å². The summed E-state index contributed by atoms with van der Waals surface area (Å²) in [5, 5.41) is 0. The summed E-state index contributed by atoms with van der Waals surface area (Å²) in [5.74, 6) is -0.169. The first-order valence-electron chi connectivity index (χ1n) is 6.81. The minimum absolute atomic E-state index is 0.169. The maximum absolute atomic E-state index is 11.3. The number of carbonyl (C=O) groups is 1. The van der Waals surface area contributed by atoms with Gasteiger partial charge in [0, 0.05) is 13.5 Å². The molecule has 0 saturated heterocycles. The average Bonchev–Trinajstić information content (AvgIpc) is 2.42. The molecule has 6 heteroatoms. The van der Waals surface area contributed by atoms with Crippen LogP contribution in [0, 0.1) is 0 Å². The summed E-state index contributed by atoms with van der Waals surface area (Å²) in [7, 11) is 1.63. The average molecular weight is 277 g/mol. The Kier molecular flexibility index (Phi) is 14.8. The summed E-state index contributed by atoms with van der Waals surface area (Å²) in [5.41, 5.74) is 5.36. The molecule has 0 spiro atoms. The predicted molar refractivity (Wildman–Crippen MR) is 72.0 cm³/mol. The zero-order valence-corrected chi connectivity index (χ0v) is 11.9. The van der Waals surface area contributed by atoms with Gasteiger partial charge in [0.1, 0.15) is 6.61 Å². The zero-order valence-electron chi connectivity index (χ0n) is 11.9. The molecule has 0 heterocycles. The summed E-state index contributed by atoms with van der Waals surface area (Å²) >= 11 is 0. The van der Waals surface area contributed by atoms with Gasteiger partial charge >= 0.3 is 5.97 Å². The van der Waals surface area contributed by atoms with E-state index in [1.807, 2.05) is 0 Å². The van der Waals surface area contributed by atoms with Gasteiger partial charge in [-0.2, -0.15) is 0 Å². The first kappa shape index (κ1) is 18.3. The summed E-state index contributed by atoms with van der Waals surface area (Å²) < 4.78 is 20.3.